The quantitative estimate of drug-likeness (QED) is 0.104. The smallest absolute Gasteiger partial charge is 0.320 e. The van der Waals surface area contributed by atoms with E-state index < -0.39 is 37.9 Å². The van der Waals surface area contributed by atoms with E-state index in [-0.39, 0.29) is 35.4 Å². The third kappa shape index (κ3) is 9.30. The SMILES string of the molecule is CC(=O)Nc1c(O)cccc1[As](=O)(O)O.CCOC(=O)C(Cc1ccc(N)cc1)C(=O)OCC. The molecular formula is C22H29AsN2O9. The maximum absolute atomic E-state index is 11.8. The maximum atomic E-state index is 11.8. The van der Waals surface area contributed by atoms with Crippen LogP contribution in [0, 0.1) is 5.92 Å². The second-order valence-electron chi connectivity index (χ2n) is 6.90. The Morgan fingerprint density at radius 2 is 1.53 bits per heavy atom. The molecular weight excluding hydrogens is 511 g/mol. The van der Waals surface area contributed by atoms with Crippen LogP contribution in [0.25, 0.3) is 0 Å². The summed E-state index contributed by atoms with van der Waals surface area (Å²) in [5.74, 6) is -2.92. The van der Waals surface area contributed by atoms with E-state index in [4.69, 9.17) is 23.4 Å². The Labute approximate surface area is 199 Å². The first-order chi connectivity index (χ1) is 15.9. The number of anilines is 2. The van der Waals surface area contributed by atoms with Crippen molar-refractivity contribution in [3.8, 4) is 5.75 Å². The van der Waals surface area contributed by atoms with Gasteiger partial charge >= 0.3 is 100 Å². The largest absolute Gasteiger partial charge is 0.465 e. The number of nitrogens with one attached hydrogen (secondary N) is 1. The summed E-state index contributed by atoms with van der Waals surface area (Å²) in [5, 5.41) is 11.5. The van der Waals surface area contributed by atoms with Crippen molar-refractivity contribution in [3.05, 3.63) is 48.0 Å². The summed E-state index contributed by atoms with van der Waals surface area (Å²) in [7, 11) is 0. The fraction of sp³-hybridized carbons (Fsp3) is 0.318. The van der Waals surface area contributed by atoms with E-state index in [1.807, 2.05) is 0 Å². The number of benzene rings is 2. The second-order valence-corrected chi connectivity index (χ2v) is 10.2. The molecule has 0 spiro atoms. The zero-order valence-corrected chi connectivity index (χ0v) is 20.9. The van der Waals surface area contributed by atoms with Crippen LogP contribution < -0.4 is 15.4 Å². The van der Waals surface area contributed by atoms with Crippen LogP contribution in [0.3, 0.4) is 0 Å². The van der Waals surface area contributed by atoms with Gasteiger partial charge < -0.3 is 15.2 Å². The molecule has 34 heavy (non-hydrogen) atoms. The molecule has 0 atom stereocenters. The molecule has 0 saturated heterocycles. The number of carbonyl (C=O) groups excluding carboxylic acids is 3. The third-order valence-corrected chi connectivity index (χ3v) is 6.30. The molecule has 12 heteroatoms. The van der Waals surface area contributed by atoms with E-state index in [2.05, 4.69) is 5.32 Å². The number of carbonyl (C=O) groups is 3. The number of rotatable bonds is 8. The molecule has 1 amide bonds. The van der Waals surface area contributed by atoms with Gasteiger partial charge in [0.2, 0.25) is 0 Å². The van der Waals surface area contributed by atoms with Crippen LogP contribution in [0.2, 0.25) is 0 Å². The number of phenolic OH excluding ortho intramolecular Hbond substituents is 1. The van der Waals surface area contributed by atoms with Crippen LogP contribution >= 0.6 is 0 Å². The number of esters is 2. The number of amides is 1. The van der Waals surface area contributed by atoms with Crippen molar-refractivity contribution in [1.82, 2.24) is 0 Å². The minimum absolute atomic E-state index is 0.225. The summed E-state index contributed by atoms with van der Waals surface area (Å²) in [6, 6.07) is 10.7. The molecule has 0 unspecified atom stereocenters. The van der Waals surface area contributed by atoms with E-state index in [0.29, 0.717) is 5.69 Å². The van der Waals surface area contributed by atoms with Gasteiger partial charge in [-0.05, 0) is 38.0 Å². The zero-order chi connectivity index (χ0) is 25.9. The van der Waals surface area contributed by atoms with Gasteiger partial charge in [0, 0.05) is 5.69 Å². The molecule has 0 aliphatic carbocycles. The van der Waals surface area contributed by atoms with Crippen LogP contribution in [0.15, 0.2) is 42.5 Å². The van der Waals surface area contributed by atoms with Gasteiger partial charge in [0.25, 0.3) is 0 Å². The van der Waals surface area contributed by atoms with Crippen LogP contribution in [0.4, 0.5) is 11.4 Å². The average Bonchev–Trinajstić information content (AvgIpc) is 2.74. The van der Waals surface area contributed by atoms with Crippen molar-refractivity contribution in [1.29, 1.82) is 0 Å². The third-order valence-electron chi connectivity index (χ3n) is 4.20. The average molecular weight is 540 g/mol. The Morgan fingerprint density at radius 3 is 1.97 bits per heavy atom. The normalized spacial score (nSPS) is 10.6. The Kier molecular flexibility index (Phi) is 11.4. The summed E-state index contributed by atoms with van der Waals surface area (Å²) >= 11 is -5.14. The number of para-hydroxylation sites is 1. The van der Waals surface area contributed by atoms with Crippen LogP contribution in [-0.4, -0.2) is 58.5 Å². The van der Waals surface area contributed by atoms with Crippen molar-refractivity contribution >= 4 is 47.7 Å². The Hall–Kier alpha value is -3.27. The van der Waals surface area contributed by atoms with E-state index in [1.54, 1.807) is 38.1 Å². The summed E-state index contributed by atoms with van der Waals surface area (Å²) in [5.41, 5.74) is 6.83. The summed E-state index contributed by atoms with van der Waals surface area (Å²) in [6.45, 7) is 5.04. The second kappa shape index (κ2) is 13.4. The Morgan fingerprint density at radius 1 is 1.00 bits per heavy atom. The fourth-order valence-electron chi connectivity index (χ4n) is 2.71. The summed E-state index contributed by atoms with van der Waals surface area (Å²) in [4.78, 5) is 34.3. The molecule has 0 aliphatic heterocycles. The fourth-order valence-corrected chi connectivity index (χ4v) is 4.27. The number of phenols is 1. The van der Waals surface area contributed by atoms with Crippen molar-refractivity contribution < 1.29 is 40.9 Å². The first-order valence-electron chi connectivity index (χ1n) is 10.2. The molecule has 11 nitrogen and oxygen atoms in total. The van der Waals surface area contributed by atoms with E-state index in [1.165, 1.54) is 25.1 Å². The molecule has 2 aromatic carbocycles. The molecule has 2 rings (SSSR count). The molecule has 0 aliphatic rings. The molecule has 2 aromatic rings. The molecule has 6 N–H and O–H groups in total. The molecule has 186 valence electrons. The Bertz CT molecular complexity index is 1020. The minimum atomic E-state index is -5.14. The predicted molar refractivity (Wildman–Crippen MR) is 124 cm³/mol. The predicted octanol–water partition coefficient (Wildman–Crippen LogP) is 0.465. The molecule has 0 heterocycles. The number of aromatic hydroxyl groups is 1. The van der Waals surface area contributed by atoms with Gasteiger partial charge in [0.1, 0.15) is 0 Å². The topological polar surface area (TPSA) is 185 Å². The van der Waals surface area contributed by atoms with Crippen LogP contribution in [-0.2, 0) is 34.0 Å². The minimum Gasteiger partial charge on any atom is -0.465 e. The molecule has 0 bridgehead atoms. The van der Waals surface area contributed by atoms with Gasteiger partial charge in [0.15, 0.2) is 5.92 Å². The van der Waals surface area contributed by atoms with E-state index in [0.717, 1.165) is 5.56 Å². The van der Waals surface area contributed by atoms with Crippen molar-refractivity contribution in [3.63, 3.8) is 0 Å². The standard InChI is InChI=1S/C14H19NO4.C8H10AsNO5/c1-3-18-13(16)12(14(17)19-4-2)9-10-5-7-11(15)8-6-10;1-5(11)10-8-6(9(13,14)15)3-2-4-7(8)12/h5-8,12H,3-4,9,15H2,1-2H3;2-4,12H,1H3,(H,10,11)(H2,13,14,15). The van der Waals surface area contributed by atoms with Gasteiger partial charge in [-0.2, -0.15) is 0 Å². The Balaban J connectivity index is 0.000000350. The van der Waals surface area contributed by atoms with Gasteiger partial charge in [-0.3, -0.25) is 9.59 Å². The summed E-state index contributed by atoms with van der Waals surface area (Å²) < 4.78 is 38.6. The van der Waals surface area contributed by atoms with Crippen LogP contribution in [0.5, 0.6) is 5.75 Å². The van der Waals surface area contributed by atoms with E-state index >= 15 is 0 Å². The molecule has 0 radical (unpaired) electrons. The van der Waals surface area contributed by atoms with Crippen molar-refractivity contribution in [2.24, 2.45) is 5.92 Å². The first-order valence-corrected chi connectivity index (χ1v) is 13.6. The van der Waals surface area contributed by atoms with Crippen molar-refractivity contribution in [2.75, 3.05) is 24.3 Å². The number of ether oxygens (including phenoxy) is 2. The number of hydrogen-bond acceptors (Lipinski definition) is 8. The van der Waals surface area contributed by atoms with E-state index in [9.17, 15) is 23.2 Å². The zero-order valence-electron chi connectivity index (χ0n) is 19.1. The number of nitrogen functional groups attached to an aromatic ring is 1. The van der Waals surface area contributed by atoms with Crippen molar-refractivity contribution in [2.45, 2.75) is 27.2 Å². The van der Waals surface area contributed by atoms with Gasteiger partial charge in [-0.1, -0.05) is 12.1 Å². The van der Waals surface area contributed by atoms with Gasteiger partial charge in [-0.15, -0.1) is 0 Å². The summed E-state index contributed by atoms with van der Waals surface area (Å²) in [6.07, 6.45) is 0.248. The first kappa shape index (κ1) is 28.8. The van der Waals surface area contributed by atoms with Crippen LogP contribution in [0.1, 0.15) is 26.3 Å². The molecule has 0 saturated carbocycles. The van der Waals surface area contributed by atoms with Gasteiger partial charge in [-0.25, -0.2) is 0 Å². The van der Waals surface area contributed by atoms with Gasteiger partial charge in [0.05, 0.1) is 13.2 Å². The number of hydrogen-bond donors (Lipinski definition) is 5. The monoisotopic (exact) mass is 540 g/mol. The maximum Gasteiger partial charge on any atom is 0.320 e. The number of nitrogens with two attached hydrogens (primary N) is 1. The molecule has 0 fully saturated rings. The molecule has 0 aromatic heterocycles.